The van der Waals surface area contributed by atoms with Crippen LogP contribution in [0.3, 0.4) is 0 Å². The van der Waals surface area contributed by atoms with E-state index in [1.165, 1.54) is 12.8 Å². The fourth-order valence-corrected chi connectivity index (χ4v) is 2.69. The SMILES string of the molecule is COCCN(Cc1ccc(Cl)nc1Cl)C(C)C1CC1. The summed E-state index contributed by atoms with van der Waals surface area (Å²) in [5.41, 5.74) is 1.02. The van der Waals surface area contributed by atoms with Crippen molar-refractivity contribution in [2.24, 2.45) is 5.92 Å². The predicted molar refractivity (Wildman–Crippen MR) is 78.7 cm³/mol. The molecule has 0 spiro atoms. The van der Waals surface area contributed by atoms with E-state index in [0.29, 0.717) is 16.3 Å². The maximum Gasteiger partial charge on any atom is 0.135 e. The highest BCUT2D eigenvalue weighted by Gasteiger charge is 2.32. The van der Waals surface area contributed by atoms with Crippen LogP contribution >= 0.6 is 23.2 Å². The Morgan fingerprint density at radius 3 is 2.74 bits per heavy atom. The second-order valence-electron chi connectivity index (χ2n) is 5.13. The molecule has 1 atom stereocenters. The molecular weight excluding hydrogens is 283 g/mol. The molecule has 1 unspecified atom stereocenters. The first kappa shape index (κ1) is 15.0. The number of nitrogens with zero attached hydrogens (tertiary/aromatic N) is 2. The van der Waals surface area contributed by atoms with Gasteiger partial charge in [0, 0.05) is 31.8 Å². The van der Waals surface area contributed by atoms with Crippen LogP contribution < -0.4 is 0 Å². The van der Waals surface area contributed by atoms with Gasteiger partial charge in [-0.05, 0) is 31.7 Å². The maximum absolute atomic E-state index is 6.15. The van der Waals surface area contributed by atoms with E-state index in [1.54, 1.807) is 13.2 Å². The quantitative estimate of drug-likeness (QED) is 0.719. The Balaban J connectivity index is 2.05. The highest BCUT2D eigenvalue weighted by Crippen LogP contribution is 2.35. The van der Waals surface area contributed by atoms with Crippen LogP contribution in [0.1, 0.15) is 25.3 Å². The molecule has 1 aromatic rings. The molecule has 0 amide bonds. The van der Waals surface area contributed by atoms with Crippen molar-refractivity contribution in [2.75, 3.05) is 20.3 Å². The smallest absolute Gasteiger partial charge is 0.135 e. The topological polar surface area (TPSA) is 25.4 Å². The first-order valence-corrected chi connectivity index (χ1v) is 7.41. The molecule has 0 aliphatic heterocycles. The molecule has 5 heteroatoms. The summed E-state index contributed by atoms with van der Waals surface area (Å²) in [6.07, 6.45) is 2.66. The Kier molecular flexibility index (Phi) is 5.46. The van der Waals surface area contributed by atoms with Crippen LogP contribution in [-0.2, 0) is 11.3 Å². The molecule has 2 rings (SSSR count). The summed E-state index contributed by atoms with van der Waals surface area (Å²) in [5.74, 6) is 0.816. The van der Waals surface area contributed by atoms with E-state index in [9.17, 15) is 0 Å². The third-order valence-corrected chi connectivity index (χ3v) is 4.27. The lowest BCUT2D eigenvalue weighted by molar-refractivity contribution is 0.111. The summed E-state index contributed by atoms with van der Waals surface area (Å²) < 4.78 is 5.20. The molecule has 1 aliphatic carbocycles. The molecule has 1 fully saturated rings. The van der Waals surface area contributed by atoms with E-state index in [-0.39, 0.29) is 0 Å². The molecule has 1 saturated carbocycles. The Morgan fingerprint density at radius 1 is 1.42 bits per heavy atom. The molecule has 0 N–H and O–H groups in total. The summed E-state index contributed by atoms with van der Waals surface area (Å²) in [6, 6.07) is 4.30. The van der Waals surface area contributed by atoms with Crippen molar-refractivity contribution < 1.29 is 4.74 Å². The minimum absolute atomic E-state index is 0.437. The van der Waals surface area contributed by atoms with E-state index in [0.717, 1.165) is 31.2 Å². The van der Waals surface area contributed by atoms with Gasteiger partial charge in [-0.25, -0.2) is 4.98 Å². The molecule has 0 aromatic carbocycles. The lowest BCUT2D eigenvalue weighted by atomic mass is 10.1. The zero-order valence-corrected chi connectivity index (χ0v) is 12.9. The van der Waals surface area contributed by atoms with Crippen molar-refractivity contribution in [1.29, 1.82) is 0 Å². The van der Waals surface area contributed by atoms with E-state index in [1.807, 2.05) is 6.07 Å². The third kappa shape index (κ3) is 4.32. The highest BCUT2D eigenvalue weighted by molar-refractivity contribution is 6.32. The fourth-order valence-electron chi connectivity index (χ4n) is 2.29. The minimum atomic E-state index is 0.437. The molecule has 106 valence electrons. The zero-order valence-electron chi connectivity index (χ0n) is 11.4. The molecule has 0 radical (unpaired) electrons. The standard InChI is InChI=1S/C14H20Cl2N2O/c1-10(11-3-4-11)18(7-8-19-2)9-12-5-6-13(15)17-14(12)16/h5-6,10-11H,3-4,7-9H2,1-2H3. The van der Waals surface area contributed by atoms with Gasteiger partial charge in [0.15, 0.2) is 0 Å². The van der Waals surface area contributed by atoms with Gasteiger partial charge in [0.2, 0.25) is 0 Å². The average Bonchev–Trinajstić information content (AvgIpc) is 3.20. The first-order chi connectivity index (χ1) is 9.11. The fraction of sp³-hybridized carbons (Fsp3) is 0.643. The molecule has 3 nitrogen and oxygen atoms in total. The predicted octanol–water partition coefficient (Wildman–Crippen LogP) is 3.64. The van der Waals surface area contributed by atoms with E-state index in [4.69, 9.17) is 27.9 Å². The van der Waals surface area contributed by atoms with Gasteiger partial charge in [0.05, 0.1) is 6.61 Å². The van der Waals surface area contributed by atoms with Gasteiger partial charge in [-0.1, -0.05) is 29.3 Å². The molecule has 0 bridgehead atoms. The second kappa shape index (κ2) is 6.89. The van der Waals surface area contributed by atoms with Crippen molar-refractivity contribution in [2.45, 2.75) is 32.4 Å². The van der Waals surface area contributed by atoms with Crippen LogP contribution in [0, 0.1) is 5.92 Å². The van der Waals surface area contributed by atoms with Gasteiger partial charge in [0.1, 0.15) is 10.3 Å². The lowest BCUT2D eigenvalue weighted by Crippen LogP contribution is -2.36. The summed E-state index contributed by atoms with van der Waals surface area (Å²) >= 11 is 12.0. The van der Waals surface area contributed by atoms with Crippen LogP contribution in [0.4, 0.5) is 0 Å². The normalized spacial score (nSPS) is 16.9. The van der Waals surface area contributed by atoms with Crippen LogP contribution in [0.2, 0.25) is 10.3 Å². The highest BCUT2D eigenvalue weighted by atomic mass is 35.5. The number of hydrogen-bond donors (Lipinski definition) is 0. The van der Waals surface area contributed by atoms with Crippen molar-refractivity contribution in [1.82, 2.24) is 9.88 Å². The molecule has 19 heavy (non-hydrogen) atoms. The van der Waals surface area contributed by atoms with Crippen molar-refractivity contribution in [3.8, 4) is 0 Å². The molecule has 1 aromatic heterocycles. The van der Waals surface area contributed by atoms with Crippen LogP contribution in [0.15, 0.2) is 12.1 Å². The summed E-state index contributed by atoms with van der Waals surface area (Å²) in [5, 5.41) is 0.936. The number of hydrogen-bond acceptors (Lipinski definition) is 3. The zero-order chi connectivity index (χ0) is 13.8. The van der Waals surface area contributed by atoms with Gasteiger partial charge >= 0.3 is 0 Å². The van der Waals surface area contributed by atoms with Crippen molar-refractivity contribution in [3.63, 3.8) is 0 Å². The number of methoxy groups -OCH3 is 1. The maximum atomic E-state index is 6.15. The van der Waals surface area contributed by atoms with Gasteiger partial charge < -0.3 is 4.74 Å². The molecular formula is C14H20Cl2N2O. The van der Waals surface area contributed by atoms with Gasteiger partial charge in [-0.3, -0.25) is 4.90 Å². The second-order valence-corrected chi connectivity index (χ2v) is 5.87. The molecule has 1 heterocycles. The van der Waals surface area contributed by atoms with Gasteiger partial charge in [-0.2, -0.15) is 0 Å². The number of halogens is 2. The largest absolute Gasteiger partial charge is 0.383 e. The van der Waals surface area contributed by atoms with Crippen molar-refractivity contribution >= 4 is 23.2 Å². The van der Waals surface area contributed by atoms with E-state index in [2.05, 4.69) is 16.8 Å². The third-order valence-electron chi connectivity index (χ3n) is 3.73. The first-order valence-electron chi connectivity index (χ1n) is 6.65. The lowest BCUT2D eigenvalue weighted by Gasteiger charge is -2.29. The van der Waals surface area contributed by atoms with Crippen molar-refractivity contribution in [3.05, 3.63) is 28.0 Å². The number of aromatic nitrogens is 1. The van der Waals surface area contributed by atoms with Gasteiger partial charge in [0.25, 0.3) is 0 Å². The minimum Gasteiger partial charge on any atom is -0.383 e. The van der Waals surface area contributed by atoms with Crippen LogP contribution in [0.5, 0.6) is 0 Å². The molecule has 0 saturated heterocycles. The number of ether oxygens (including phenoxy) is 1. The average molecular weight is 303 g/mol. The molecule has 1 aliphatic rings. The van der Waals surface area contributed by atoms with E-state index >= 15 is 0 Å². The van der Waals surface area contributed by atoms with Crippen LogP contribution in [0.25, 0.3) is 0 Å². The Bertz CT molecular complexity index is 424. The number of pyridine rings is 1. The van der Waals surface area contributed by atoms with Gasteiger partial charge in [-0.15, -0.1) is 0 Å². The van der Waals surface area contributed by atoms with Crippen LogP contribution in [-0.4, -0.2) is 36.2 Å². The van der Waals surface area contributed by atoms with E-state index < -0.39 is 0 Å². The monoisotopic (exact) mass is 302 g/mol. The Labute approximate surface area is 124 Å². The summed E-state index contributed by atoms with van der Waals surface area (Å²) in [4.78, 5) is 6.51. The summed E-state index contributed by atoms with van der Waals surface area (Å²) in [6.45, 7) is 4.72. The summed E-state index contributed by atoms with van der Waals surface area (Å²) in [7, 11) is 1.73. The Hall–Kier alpha value is -0.350. The Morgan fingerprint density at radius 2 is 2.16 bits per heavy atom. The number of rotatable bonds is 7.